The minimum Gasteiger partial charge on any atom is -0.341 e. The molecule has 3 aliphatic rings. The van der Waals surface area contributed by atoms with E-state index in [1.165, 1.54) is 0 Å². The maximum atomic E-state index is 12.1. The van der Waals surface area contributed by atoms with Gasteiger partial charge in [-0.1, -0.05) is 0 Å². The van der Waals surface area contributed by atoms with Crippen molar-refractivity contribution in [2.45, 2.75) is 44.7 Å². The summed E-state index contributed by atoms with van der Waals surface area (Å²) < 4.78 is 1.66. The number of aryl methyl sites for hydroxylation is 2. The molecule has 0 radical (unpaired) electrons. The zero-order valence-electron chi connectivity index (χ0n) is 13.7. The van der Waals surface area contributed by atoms with E-state index in [9.17, 15) is 9.59 Å². The van der Waals surface area contributed by atoms with Gasteiger partial charge in [0.05, 0.1) is 12.2 Å². The molecule has 0 bridgehead atoms. The Morgan fingerprint density at radius 1 is 1.17 bits per heavy atom. The number of carbonyl (C=O) groups excluding carboxylic acids is 1. The molecule has 4 rings (SSSR count). The van der Waals surface area contributed by atoms with Crippen molar-refractivity contribution in [1.82, 2.24) is 19.6 Å². The van der Waals surface area contributed by atoms with Crippen LogP contribution in [0.15, 0.2) is 10.9 Å². The number of rotatable bonds is 4. The fraction of sp³-hybridized carbons (Fsp3) is 0.706. The fourth-order valence-corrected chi connectivity index (χ4v) is 4.13. The first-order valence-electron chi connectivity index (χ1n) is 8.68. The van der Waals surface area contributed by atoms with Gasteiger partial charge in [0, 0.05) is 51.1 Å². The summed E-state index contributed by atoms with van der Waals surface area (Å²) in [5, 5.41) is 4.56. The minimum atomic E-state index is 0.0465. The zero-order chi connectivity index (χ0) is 16.0. The molecule has 3 heterocycles. The Bertz CT molecular complexity index is 678. The summed E-state index contributed by atoms with van der Waals surface area (Å²) in [6, 6.07) is 2.15. The van der Waals surface area contributed by atoms with Crippen LogP contribution in [-0.4, -0.2) is 58.2 Å². The van der Waals surface area contributed by atoms with Crippen molar-refractivity contribution in [2.75, 3.05) is 26.7 Å². The van der Waals surface area contributed by atoms with Crippen LogP contribution in [0.3, 0.4) is 0 Å². The largest absolute Gasteiger partial charge is 0.341 e. The Labute approximate surface area is 136 Å². The summed E-state index contributed by atoms with van der Waals surface area (Å²) in [5.74, 6) is 0.767. The van der Waals surface area contributed by atoms with Crippen LogP contribution in [0.1, 0.15) is 30.5 Å². The lowest BCUT2D eigenvalue weighted by molar-refractivity contribution is -0.128. The third kappa shape index (κ3) is 2.80. The lowest BCUT2D eigenvalue weighted by Gasteiger charge is -2.41. The minimum absolute atomic E-state index is 0.0465. The SMILES string of the molecule is CN1C(=O)CCC1CN1CC(Cn2nc3c(cc2=O)CCC3)C1. The van der Waals surface area contributed by atoms with Crippen molar-refractivity contribution in [2.24, 2.45) is 5.92 Å². The molecule has 2 fully saturated rings. The van der Waals surface area contributed by atoms with Crippen LogP contribution in [0.25, 0.3) is 0 Å². The van der Waals surface area contributed by atoms with E-state index in [0.29, 0.717) is 18.4 Å². The molecule has 1 aliphatic carbocycles. The molecule has 1 atom stereocenters. The Morgan fingerprint density at radius 3 is 2.74 bits per heavy atom. The van der Waals surface area contributed by atoms with Crippen LogP contribution in [0.2, 0.25) is 0 Å². The highest BCUT2D eigenvalue weighted by Gasteiger charge is 2.34. The van der Waals surface area contributed by atoms with Gasteiger partial charge in [-0.2, -0.15) is 5.10 Å². The van der Waals surface area contributed by atoms with Crippen LogP contribution in [0.5, 0.6) is 0 Å². The van der Waals surface area contributed by atoms with Crippen LogP contribution in [0.4, 0.5) is 0 Å². The molecule has 1 amide bonds. The highest BCUT2D eigenvalue weighted by atomic mass is 16.2. The molecule has 0 N–H and O–H groups in total. The predicted molar refractivity (Wildman–Crippen MR) is 86.2 cm³/mol. The number of amides is 1. The summed E-state index contributed by atoms with van der Waals surface area (Å²) in [5.41, 5.74) is 2.31. The summed E-state index contributed by atoms with van der Waals surface area (Å²) in [7, 11) is 1.91. The monoisotopic (exact) mass is 316 g/mol. The van der Waals surface area contributed by atoms with E-state index in [4.69, 9.17) is 0 Å². The zero-order valence-corrected chi connectivity index (χ0v) is 13.7. The first-order chi connectivity index (χ1) is 11.1. The van der Waals surface area contributed by atoms with Gasteiger partial charge in [0.2, 0.25) is 5.91 Å². The molecule has 2 aliphatic heterocycles. The van der Waals surface area contributed by atoms with Crippen molar-refractivity contribution >= 4 is 5.91 Å². The molecule has 0 spiro atoms. The number of hydrogen-bond donors (Lipinski definition) is 0. The van der Waals surface area contributed by atoms with Crippen molar-refractivity contribution < 1.29 is 4.79 Å². The topological polar surface area (TPSA) is 58.4 Å². The average molecular weight is 316 g/mol. The molecule has 0 saturated carbocycles. The molecular formula is C17H24N4O2. The quantitative estimate of drug-likeness (QED) is 0.801. The van der Waals surface area contributed by atoms with Gasteiger partial charge in [0.15, 0.2) is 0 Å². The van der Waals surface area contributed by atoms with Gasteiger partial charge in [-0.15, -0.1) is 0 Å². The summed E-state index contributed by atoms with van der Waals surface area (Å²) in [6.07, 6.45) is 4.80. The van der Waals surface area contributed by atoms with Crippen LogP contribution >= 0.6 is 0 Å². The average Bonchev–Trinajstić information content (AvgIpc) is 3.05. The molecule has 0 aromatic carbocycles. The Kier molecular flexibility index (Phi) is 3.71. The van der Waals surface area contributed by atoms with Gasteiger partial charge in [0.25, 0.3) is 5.56 Å². The van der Waals surface area contributed by atoms with Gasteiger partial charge in [-0.05, 0) is 31.2 Å². The van der Waals surface area contributed by atoms with E-state index in [-0.39, 0.29) is 11.5 Å². The van der Waals surface area contributed by atoms with E-state index in [0.717, 1.165) is 63.1 Å². The standard InChI is InChI=1S/C17H24N4O2/c1-19-14(5-6-16(19)22)11-20-8-12(9-20)10-21-17(23)7-13-3-2-4-15(13)18-21/h7,12,14H,2-6,8-11H2,1H3. The molecular weight excluding hydrogens is 292 g/mol. The number of likely N-dealkylation sites (tertiary alicyclic amines) is 2. The first-order valence-corrected chi connectivity index (χ1v) is 8.68. The molecule has 1 unspecified atom stereocenters. The second-order valence-corrected chi connectivity index (χ2v) is 7.27. The first kappa shape index (κ1) is 14.9. The second kappa shape index (κ2) is 5.74. The summed E-state index contributed by atoms with van der Waals surface area (Å²) in [4.78, 5) is 28.0. The van der Waals surface area contributed by atoms with E-state index >= 15 is 0 Å². The van der Waals surface area contributed by atoms with Crippen LogP contribution < -0.4 is 5.56 Å². The van der Waals surface area contributed by atoms with E-state index in [2.05, 4.69) is 10.00 Å². The van der Waals surface area contributed by atoms with E-state index in [1.807, 2.05) is 11.9 Å². The third-order valence-electron chi connectivity index (χ3n) is 5.59. The predicted octanol–water partition coefficient (Wildman–Crippen LogP) is 0.285. The van der Waals surface area contributed by atoms with Gasteiger partial charge in [0.1, 0.15) is 0 Å². The number of aromatic nitrogens is 2. The normalized spacial score (nSPS) is 25.0. The highest BCUT2D eigenvalue weighted by Crippen LogP contribution is 2.23. The number of carbonyl (C=O) groups is 1. The lowest BCUT2D eigenvalue weighted by Crippen LogP contribution is -2.53. The lowest BCUT2D eigenvalue weighted by atomic mass is 9.99. The highest BCUT2D eigenvalue weighted by molar-refractivity contribution is 5.78. The fourth-order valence-electron chi connectivity index (χ4n) is 4.13. The molecule has 6 nitrogen and oxygen atoms in total. The second-order valence-electron chi connectivity index (χ2n) is 7.27. The van der Waals surface area contributed by atoms with E-state index < -0.39 is 0 Å². The smallest absolute Gasteiger partial charge is 0.267 e. The molecule has 1 aromatic heterocycles. The molecule has 6 heteroatoms. The number of hydrogen-bond acceptors (Lipinski definition) is 4. The third-order valence-corrected chi connectivity index (χ3v) is 5.59. The maximum absolute atomic E-state index is 12.1. The van der Waals surface area contributed by atoms with Crippen molar-refractivity contribution in [3.05, 3.63) is 27.7 Å². The van der Waals surface area contributed by atoms with Crippen LogP contribution in [-0.2, 0) is 24.2 Å². The van der Waals surface area contributed by atoms with Gasteiger partial charge in [-0.25, -0.2) is 4.68 Å². The van der Waals surface area contributed by atoms with Gasteiger partial charge < -0.3 is 9.80 Å². The Morgan fingerprint density at radius 2 is 2.00 bits per heavy atom. The maximum Gasteiger partial charge on any atom is 0.267 e. The summed E-state index contributed by atoms with van der Waals surface area (Å²) in [6.45, 7) is 3.70. The molecule has 1 aromatic rings. The Hall–Kier alpha value is -1.69. The molecule has 2 saturated heterocycles. The van der Waals surface area contributed by atoms with Crippen LogP contribution in [0, 0.1) is 5.92 Å². The number of nitrogens with zero attached hydrogens (tertiary/aromatic N) is 4. The Balaban J connectivity index is 1.31. The molecule has 23 heavy (non-hydrogen) atoms. The summed E-state index contributed by atoms with van der Waals surface area (Å²) >= 11 is 0. The number of fused-ring (bicyclic) bond motifs is 1. The number of likely N-dealkylation sites (N-methyl/N-ethyl adjacent to an activating group) is 1. The van der Waals surface area contributed by atoms with Crippen molar-refractivity contribution in [1.29, 1.82) is 0 Å². The van der Waals surface area contributed by atoms with Gasteiger partial charge in [-0.3, -0.25) is 9.59 Å². The van der Waals surface area contributed by atoms with E-state index in [1.54, 1.807) is 10.7 Å². The van der Waals surface area contributed by atoms with Gasteiger partial charge >= 0.3 is 0 Å². The van der Waals surface area contributed by atoms with Crippen molar-refractivity contribution in [3.63, 3.8) is 0 Å². The molecule has 124 valence electrons. The van der Waals surface area contributed by atoms with Crippen molar-refractivity contribution in [3.8, 4) is 0 Å².